The van der Waals surface area contributed by atoms with Crippen molar-refractivity contribution in [2.45, 2.75) is 0 Å². The molecule has 0 amide bonds. The number of nitrogens with zero attached hydrogens (tertiary/aromatic N) is 4. The molecule has 150 valence electrons. The predicted molar refractivity (Wildman–Crippen MR) is 103 cm³/mol. The molecule has 1 aliphatic carbocycles. The fraction of sp³-hybridized carbons (Fsp3) is 0.0556. The third-order valence-corrected chi connectivity index (χ3v) is 5.58. The molecule has 0 radical (unpaired) electrons. The number of phenols is 2. The Morgan fingerprint density at radius 3 is 2.53 bits per heavy atom. The molecule has 0 saturated carbocycles. The number of carbonyl (C=O) groups is 2. The third kappa shape index (κ3) is 2.40. The number of phenolic OH excluding ortho intramolecular Hbond substituents is 2. The quantitative estimate of drug-likeness (QED) is 0.220. The van der Waals surface area contributed by atoms with E-state index < -0.39 is 39.9 Å². The number of anilines is 1. The van der Waals surface area contributed by atoms with Crippen molar-refractivity contribution in [2.75, 3.05) is 12.5 Å². The molecule has 0 fully saturated rings. The maximum Gasteiger partial charge on any atom is 0.296 e. The van der Waals surface area contributed by atoms with E-state index in [2.05, 4.69) is 15.5 Å². The molecular formula is C18H11N5O6S. The number of benzene rings is 2. The molecular weight excluding hydrogens is 414 g/mol. The van der Waals surface area contributed by atoms with Crippen molar-refractivity contribution in [2.24, 2.45) is 0 Å². The number of methoxy groups -OCH3 is 1. The molecule has 30 heavy (non-hydrogen) atoms. The molecule has 2 heterocycles. The second-order valence-corrected chi connectivity index (χ2v) is 7.37. The number of hydrogen-bond acceptors (Lipinski definition) is 10. The van der Waals surface area contributed by atoms with Crippen molar-refractivity contribution in [1.29, 1.82) is 0 Å². The zero-order valence-electron chi connectivity index (χ0n) is 15.1. The Labute approximate surface area is 170 Å². The fourth-order valence-corrected chi connectivity index (χ4v) is 4.10. The Balaban J connectivity index is 1.63. The normalized spacial score (nSPS) is 12.7. The van der Waals surface area contributed by atoms with Crippen LogP contribution in [0.3, 0.4) is 0 Å². The highest BCUT2D eigenvalue weighted by molar-refractivity contribution is 7.22. The van der Waals surface area contributed by atoms with Gasteiger partial charge in [-0.1, -0.05) is 16.4 Å². The number of ether oxygens (including phenoxy) is 1. The molecule has 4 aromatic rings. The van der Waals surface area contributed by atoms with Crippen molar-refractivity contribution in [3.8, 4) is 17.2 Å². The van der Waals surface area contributed by atoms with E-state index in [0.29, 0.717) is 11.3 Å². The van der Waals surface area contributed by atoms with Gasteiger partial charge in [0.2, 0.25) is 17.3 Å². The first-order valence-corrected chi connectivity index (χ1v) is 9.29. The summed E-state index contributed by atoms with van der Waals surface area (Å²) in [6.07, 6.45) is 0. The molecule has 11 nitrogen and oxygen atoms in total. The molecule has 5 rings (SSSR count). The van der Waals surface area contributed by atoms with Gasteiger partial charge in [0.1, 0.15) is 17.2 Å². The molecule has 0 unspecified atom stereocenters. The summed E-state index contributed by atoms with van der Waals surface area (Å²) in [5.41, 5.74) is 1.66. The Kier molecular flexibility index (Phi) is 3.67. The molecule has 1 aliphatic rings. The van der Waals surface area contributed by atoms with Crippen LogP contribution in [0.1, 0.15) is 32.1 Å². The minimum absolute atomic E-state index is 0.0348. The summed E-state index contributed by atoms with van der Waals surface area (Å²) in [7, 11) is 1.53. The van der Waals surface area contributed by atoms with Crippen molar-refractivity contribution in [1.82, 2.24) is 14.9 Å². The first kappa shape index (κ1) is 17.9. The lowest BCUT2D eigenvalue weighted by molar-refractivity contribution is -0.744. The van der Waals surface area contributed by atoms with Gasteiger partial charge in [0.15, 0.2) is 5.69 Å². The van der Waals surface area contributed by atoms with Crippen LogP contribution in [-0.4, -0.2) is 43.8 Å². The highest BCUT2D eigenvalue weighted by Gasteiger charge is 2.42. The molecule has 2 aromatic carbocycles. The summed E-state index contributed by atoms with van der Waals surface area (Å²) in [5.74, 6) is -2.08. The molecule has 12 heteroatoms. The van der Waals surface area contributed by atoms with Crippen LogP contribution in [0.15, 0.2) is 30.3 Å². The van der Waals surface area contributed by atoms with E-state index in [9.17, 15) is 25.0 Å². The van der Waals surface area contributed by atoms with Gasteiger partial charge in [-0.15, -0.1) is 5.43 Å². The van der Waals surface area contributed by atoms with E-state index >= 15 is 0 Å². The van der Waals surface area contributed by atoms with Gasteiger partial charge in [0.25, 0.3) is 5.13 Å². The average molecular weight is 425 g/mol. The van der Waals surface area contributed by atoms with Gasteiger partial charge in [-0.05, 0) is 34.0 Å². The number of ketones is 2. The summed E-state index contributed by atoms with van der Waals surface area (Å²) in [5, 5.41) is 36.3. The number of carbonyl (C=O) groups excluding carboxylic acids is 2. The van der Waals surface area contributed by atoms with Gasteiger partial charge in [0, 0.05) is 6.07 Å². The summed E-state index contributed by atoms with van der Waals surface area (Å²) in [4.78, 5) is 30.9. The topological polar surface area (TPSA) is 154 Å². The average Bonchev–Trinajstić information content (AvgIpc) is 3.28. The lowest BCUT2D eigenvalue weighted by atomic mass is 9.88. The molecule has 0 spiro atoms. The number of aromatic hydroxyl groups is 2. The van der Waals surface area contributed by atoms with Crippen LogP contribution in [0.2, 0.25) is 0 Å². The van der Waals surface area contributed by atoms with Gasteiger partial charge in [0.05, 0.1) is 28.5 Å². The highest BCUT2D eigenvalue weighted by Crippen LogP contribution is 2.37. The second-order valence-electron chi connectivity index (χ2n) is 6.34. The minimum Gasteiger partial charge on any atom is -0.672 e. The van der Waals surface area contributed by atoms with Gasteiger partial charge in [-0.25, -0.2) is 0 Å². The van der Waals surface area contributed by atoms with E-state index in [1.165, 1.54) is 18.4 Å². The summed E-state index contributed by atoms with van der Waals surface area (Å²) < 4.78 is 5.95. The molecule has 0 saturated heterocycles. The number of hydrogen-bond donors (Lipinski definition) is 3. The first-order valence-electron chi connectivity index (χ1n) is 8.48. The Morgan fingerprint density at radius 1 is 1.13 bits per heavy atom. The van der Waals surface area contributed by atoms with Crippen LogP contribution in [0, 0.1) is 5.21 Å². The molecule has 0 bridgehead atoms. The van der Waals surface area contributed by atoms with Crippen LogP contribution >= 0.6 is 11.3 Å². The SMILES string of the molecule is COc1ccc2sc(Nn3c4c(n[n+]3[O-])C(=O)c3c(O)ccc(O)c3C4=O)nc2c1. The predicted octanol–water partition coefficient (Wildman–Crippen LogP) is 1.20. The maximum absolute atomic E-state index is 13.0. The van der Waals surface area contributed by atoms with E-state index in [0.717, 1.165) is 21.6 Å². The van der Waals surface area contributed by atoms with Gasteiger partial charge in [-0.3, -0.25) is 9.59 Å². The smallest absolute Gasteiger partial charge is 0.296 e. The van der Waals surface area contributed by atoms with Crippen molar-refractivity contribution < 1.29 is 29.5 Å². The van der Waals surface area contributed by atoms with E-state index in [1.54, 1.807) is 18.2 Å². The van der Waals surface area contributed by atoms with Gasteiger partial charge >= 0.3 is 0 Å². The molecule has 2 aromatic heterocycles. The third-order valence-electron chi connectivity index (χ3n) is 4.63. The maximum atomic E-state index is 13.0. The largest absolute Gasteiger partial charge is 0.672 e. The van der Waals surface area contributed by atoms with Crippen molar-refractivity contribution >= 4 is 38.3 Å². The van der Waals surface area contributed by atoms with Crippen molar-refractivity contribution in [3.05, 3.63) is 58.1 Å². The fourth-order valence-electron chi connectivity index (χ4n) is 3.27. The number of thiazole rings is 1. The zero-order chi connectivity index (χ0) is 21.2. The van der Waals surface area contributed by atoms with E-state index in [1.807, 2.05) is 0 Å². The minimum atomic E-state index is -0.854. The molecule has 3 N–H and O–H groups in total. The Morgan fingerprint density at radius 2 is 1.83 bits per heavy atom. The van der Waals surface area contributed by atoms with Gasteiger partial charge < -0.3 is 20.2 Å². The highest BCUT2D eigenvalue weighted by atomic mass is 32.1. The Bertz CT molecular complexity index is 1390. The van der Waals surface area contributed by atoms with Crippen LogP contribution in [0.25, 0.3) is 10.2 Å². The van der Waals surface area contributed by atoms with Crippen LogP contribution in [-0.2, 0) is 0 Å². The number of aromatic nitrogens is 4. The molecule has 0 atom stereocenters. The van der Waals surface area contributed by atoms with Crippen molar-refractivity contribution in [3.63, 3.8) is 0 Å². The summed E-state index contributed by atoms with van der Waals surface area (Å²) in [6.45, 7) is 0. The lowest BCUT2D eigenvalue weighted by Crippen LogP contribution is -2.44. The number of nitrogens with one attached hydrogen (secondary N) is 1. The van der Waals surface area contributed by atoms with Gasteiger partial charge in [-0.2, -0.15) is 4.98 Å². The van der Waals surface area contributed by atoms with Crippen LogP contribution in [0.5, 0.6) is 17.2 Å². The summed E-state index contributed by atoms with van der Waals surface area (Å²) >= 11 is 1.20. The zero-order valence-corrected chi connectivity index (χ0v) is 15.9. The van der Waals surface area contributed by atoms with E-state index in [-0.39, 0.29) is 15.8 Å². The monoisotopic (exact) mass is 425 g/mol. The lowest BCUT2D eigenvalue weighted by Gasteiger charge is -2.15. The number of fused-ring (bicyclic) bond motifs is 3. The second kappa shape index (κ2) is 6.15. The standard InChI is InChI=1S/C18H11N5O6S/c1-29-7-2-5-11-8(6-7)19-18(30-11)21-22-15-14(20-23(22)28)16(26)12-9(24)3-4-10(25)13(12)17(15)27/h2-6,24-25H,1H3,(H,19,21). The summed E-state index contributed by atoms with van der Waals surface area (Å²) in [6, 6.07) is 7.42. The molecule has 0 aliphatic heterocycles. The van der Waals surface area contributed by atoms with E-state index in [4.69, 9.17) is 4.74 Å². The first-order chi connectivity index (χ1) is 14.4. The van der Waals surface area contributed by atoms with Crippen LogP contribution in [0.4, 0.5) is 5.13 Å². The Hall–Kier alpha value is -4.19. The number of rotatable bonds is 3. The van der Waals surface area contributed by atoms with Crippen LogP contribution < -0.4 is 15.1 Å².